The van der Waals surface area contributed by atoms with E-state index in [1.165, 1.54) is 7.11 Å². The number of carbonyl (C=O) groups excluding carboxylic acids is 2. The number of imide groups is 1. The van der Waals surface area contributed by atoms with Crippen molar-refractivity contribution in [2.45, 2.75) is 0 Å². The second-order valence-electron chi connectivity index (χ2n) is 7.50. The number of amides is 2. The van der Waals surface area contributed by atoms with E-state index >= 15 is 0 Å². The molecule has 1 aliphatic rings. The Bertz CT molecular complexity index is 1440. The Morgan fingerprint density at radius 1 is 0.788 bits per heavy atom. The predicted octanol–water partition coefficient (Wildman–Crippen LogP) is 5.90. The average molecular weight is 455 g/mol. The number of halogens is 1. The van der Waals surface area contributed by atoms with Crippen LogP contribution in [-0.2, 0) is 9.59 Å². The maximum Gasteiger partial charge on any atom is 0.282 e. The molecule has 33 heavy (non-hydrogen) atoms. The van der Waals surface area contributed by atoms with E-state index in [4.69, 9.17) is 16.3 Å². The van der Waals surface area contributed by atoms with Crippen LogP contribution in [0.1, 0.15) is 5.56 Å². The number of nitrogens with one attached hydrogen (secondary N) is 1. The minimum Gasteiger partial charge on any atom is -0.496 e. The number of para-hydroxylation sites is 2. The molecule has 0 aliphatic carbocycles. The van der Waals surface area contributed by atoms with Gasteiger partial charge >= 0.3 is 0 Å². The molecule has 4 aromatic rings. The molecule has 5 nitrogen and oxygen atoms in total. The van der Waals surface area contributed by atoms with Gasteiger partial charge in [0.05, 0.1) is 23.4 Å². The molecule has 1 heterocycles. The quantitative estimate of drug-likeness (QED) is 0.381. The van der Waals surface area contributed by atoms with Crippen LogP contribution in [-0.4, -0.2) is 18.9 Å². The molecule has 0 saturated heterocycles. The smallest absolute Gasteiger partial charge is 0.282 e. The Balaban J connectivity index is 1.71. The lowest BCUT2D eigenvalue weighted by molar-refractivity contribution is -0.120. The Hall–Kier alpha value is -4.09. The molecule has 1 aliphatic heterocycles. The lowest BCUT2D eigenvalue weighted by Gasteiger charge is -2.17. The van der Waals surface area contributed by atoms with Crippen molar-refractivity contribution in [3.05, 3.63) is 107 Å². The lowest BCUT2D eigenvalue weighted by Crippen LogP contribution is -2.32. The van der Waals surface area contributed by atoms with E-state index in [1.54, 1.807) is 42.5 Å². The van der Waals surface area contributed by atoms with Gasteiger partial charge in [0.15, 0.2) is 0 Å². The molecule has 4 aromatic carbocycles. The van der Waals surface area contributed by atoms with Crippen molar-refractivity contribution in [3.63, 3.8) is 0 Å². The zero-order chi connectivity index (χ0) is 22.9. The molecule has 1 N–H and O–H groups in total. The summed E-state index contributed by atoms with van der Waals surface area (Å²) in [5.41, 5.74) is 1.97. The second-order valence-corrected chi connectivity index (χ2v) is 7.91. The highest BCUT2D eigenvalue weighted by molar-refractivity contribution is 6.48. The van der Waals surface area contributed by atoms with Crippen molar-refractivity contribution in [2.24, 2.45) is 0 Å². The van der Waals surface area contributed by atoms with Crippen molar-refractivity contribution < 1.29 is 14.3 Å². The molecule has 0 radical (unpaired) electrons. The Labute approximate surface area is 195 Å². The number of ether oxygens (including phenoxy) is 1. The van der Waals surface area contributed by atoms with Gasteiger partial charge < -0.3 is 10.1 Å². The minimum absolute atomic E-state index is 0.167. The zero-order valence-electron chi connectivity index (χ0n) is 17.7. The summed E-state index contributed by atoms with van der Waals surface area (Å²) in [5.74, 6) is -0.464. The summed E-state index contributed by atoms with van der Waals surface area (Å²) in [7, 11) is 1.53. The fraction of sp³-hybridized carbons (Fsp3) is 0.0370. The van der Waals surface area contributed by atoms with E-state index in [9.17, 15) is 9.59 Å². The van der Waals surface area contributed by atoms with Crippen LogP contribution in [0.4, 0.5) is 11.4 Å². The number of hydrogen-bond donors (Lipinski definition) is 1. The van der Waals surface area contributed by atoms with Gasteiger partial charge in [-0.25, -0.2) is 4.90 Å². The number of carbonyl (C=O) groups is 2. The summed E-state index contributed by atoms with van der Waals surface area (Å²) in [5, 5.41) is 5.51. The topological polar surface area (TPSA) is 58.6 Å². The summed E-state index contributed by atoms with van der Waals surface area (Å²) in [6.45, 7) is 0. The van der Waals surface area contributed by atoms with Gasteiger partial charge in [-0.15, -0.1) is 0 Å². The number of benzene rings is 4. The maximum absolute atomic E-state index is 13.7. The summed E-state index contributed by atoms with van der Waals surface area (Å²) in [4.78, 5) is 28.5. The molecule has 5 rings (SSSR count). The number of fused-ring (bicyclic) bond motifs is 1. The molecule has 0 unspecified atom stereocenters. The van der Waals surface area contributed by atoms with Crippen LogP contribution in [0.25, 0.3) is 16.3 Å². The summed E-state index contributed by atoms with van der Waals surface area (Å²) in [6.07, 6.45) is 0. The normalized spacial score (nSPS) is 13.7. The number of rotatable bonds is 5. The van der Waals surface area contributed by atoms with E-state index in [0.717, 1.165) is 21.4 Å². The number of anilines is 2. The molecule has 0 spiro atoms. The Morgan fingerprint density at radius 3 is 2.30 bits per heavy atom. The highest BCUT2D eigenvalue weighted by Gasteiger charge is 2.42. The monoisotopic (exact) mass is 454 g/mol. The van der Waals surface area contributed by atoms with E-state index in [1.807, 2.05) is 48.5 Å². The van der Waals surface area contributed by atoms with Crippen LogP contribution in [0.3, 0.4) is 0 Å². The van der Waals surface area contributed by atoms with Crippen LogP contribution in [0, 0.1) is 0 Å². The molecular formula is C27H19ClN2O3. The van der Waals surface area contributed by atoms with Crippen LogP contribution in [0.5, 0.6) is 5.75 Å². The highest BCUT2D eigenvalue weighted by Crippen LogP contribution is 2.39. The summed E-state index contributed by atoms with van der Waals surface area (Å²) in [6, 6.07) is 27.5. The molecule has 0 bridgehead atoms. The predicted molar refractivity (Wildman–Crippen MR) is 131 cm³/mol. The second kappa shape index (κ2) is 8.45. The standard InChI is InChI=1S/C27H19ClN2O3/c1-33-23-16-7-4-12-19(23)24-25(29-21-14-8-10-17-9-2-3-11-18(17)21)27(32)30(26(24)31)22-15-6-5-13-20(22)28/h2-16,29H,1H3. The van der Waals surface area contributed by atoms with Gasteiger partial charge in [-0.2, -0.15) is 0 Å². The maximum atomic E-state index is 13.7. The minimum atomic E-state index is -0.484. The largest absolute Gasteiger partial charge is 0.496 e. The third-order valence-corrected chi connectivity index (χ3v) is 5.92. The van der Waals surface area contributed by atoms with Crippen molar-refractivity contribution in [1.82, 2.24) is 0 Å². The fourth-order valence-electron chi connectivity index (χ4n) is 4.07. The van der Waals surface area contributed by atoms with Crippen molar-refractivity contribution in [1.29, 1.82) is 0 Å². The Morgan fingerprint density at radius 2 is 1.48 bits per heavy atom. The van der Waals surface area contributed by atoms with Gasteiger partial charge in [-0.3, -0.25) is 9.59 Å². The Kier molecular flexibility index (Phi) is 5.32. The van der Waals surface area contributed by atoms with Crippen LogP contribution in [0.15, 0.2) is 96.7 Å². The van der Waals surface area contributed by atoms with Crippen molar-refractivity contribution in [3.8, 4) is 5.75 Å². The highest BCUT2D eigenvalue weighted by atomic mass is 35.5. The first-order valence-corrected chi connectivity index (χ1v) is 10.7. The van der Waals surface area contributed by atoms with E-state index < -0.39 is 11.8 Å². The van der Waals surface area contributed by atoms with Gasteiger partial charge in [0.1, 0.15) is 11.4 Å². The number of hydrogen-bond acceptors (Lipinski definition) is 4. The molecule has 0 atom stereocenters. The molecule has 0 saturated carbocycles. The fourth-order valence-corrected chi connectivity index (χ4v) is 4.29. The first-order chi connectivity index (χ1) is 16.1. The lowest BCUT2D eigenvalue weighted by atomic mass is 10.0. The average Bonchev–Trinajstić information content (AvgIpc) is 3.08. The van der Waals surface area contributed by atoms with Gasteiger partial charge in [-0.05, 0) is 29.7 Å². The number of methoxy groups -OCH3 is 1. The molecule has 0 aromatic heterocycles. The van der Waals surface area contributed by atoms with Crippen LogP contribution < -0.4 is 15.0 Å². The summed E-state index contributed by atoms with van der Waals surface area (Å²) >= 11 is 6.36. The molecule has 162 valence electrons. The molecule has 0 fully saturated rings. The van der Waals surface area contributed by atoms with E-state index in [2.05, 4.69) is 5.32 Å². The van der Waals surface area contributed by atoms with Crippen molar-refractivity contribution in [2.75, 3.05) is 17.3 Å². The van der Waals surface area contributed by atoms with Gasteiger partial charge in [-0.1, -0.05) is 78.3 Å². The van der Waals surface area contributed by atoms with E-state index in [0.29, 0.717) is 22.0 Å². The van der Waals surface area contributed by atoms with Gasteiger partial charge in [0.25, 0.3) is 11.8 Å². The molecule has 2 amide bonds. The number of nitrogens with zero attached hydrogens (tertiary/aromatic N) is 1. The van der Waals surface area contributed by atoms with Crippen molar-refractivity contribution >= 4 is 51.1 Å². The van der Waals surface area contributed by atoms with Gasteiger partial charge in [0.2, 0.25) is 0 Å². The van der Waals surface area contributed by atoms with Gasteiger partial charge in [0, 0.05) is 16.6 Å². The van der Waals surface area contributed by atoms with Crippen LogP contribution >= 0.6 is 11.6 Å². The van der Waals surface area contributed by atoms with E-state index in [-0.39, 0.29) is 11.3 Å². The zero-order valence-corrected chi connectivity index (χ0v) is 18.5. The SMILES string of the molecule is COc1ccccc1C1=C(Nc2cccc3ccccc23)C(=O)N(c2ccccc2Cl)C1=O. The summed E-state index contributed by atoms with van der Waals surface area (Å²) < 4.78 is 5.50. The molecule has 6 heteroatoms. The third-order valence-electron chi connectivity index (χ3n) is 5.60. The molecular weight excluding hydrogens is 436 g/mol. The third kappa shape index (κ3) is 3.52. The first kappa shape index (κ1) is 20.8. The first-order valence-electron chi connectivity index (χ1n) is 10.4. The van der Waals surface area contributed by atoms with Crippen LogP contribution in [0.2, 0.25) is 5.02 Å².